The van der Waals surface area contributed by atoms with Gasteiger partial charge < -0.3 is 10.5 Å². The second-order valence-corrected chi connectivity index (χ2v) is 6.25. The summed E-state index contributed by atoms with van der Waals surface area (Å²) in [5.41, 5.74) is 5.17. The van der Waals surface area contributed by atoms with E-state index in [-0.39, 0.29) is 5.97 Å². The molecule has 0 unspecified atom stereocenters. The van der Waals surface area contributed by atoms with Crippen LogP contribution in [0.1, 0.15) is 37.0 Å². The number of hydrogen-bond acceptors (Lipinski definition) is 6. The summed E-state index contributed by atoms with van der Waals surface area (Å²) in [5, 5.41) is 0.569. The van der Waals surface area contributed by atoms with Crippen molar-refractivity contribution in [3.05, 3.63) is 11.1 Å². The smallest absolute Gasteiger partial charge is 0.326 e. The van der Waals surface area contributed by atoms with Gasteiger partial charge in [0.05, 0.1) is 7.11 Å². The Morgan fingerprint density at radius 3 is 2.74 bits per heavy atom. The monoisotopic (exact) mass is 283 g/mol. The van der Waals surface area contributed by atoms with E-state index in [0.29, 0.717) is 11.7 Å². The lowest BCUT2D eigenvalue weighted by atomic mass is 9.80. The predicted octanol–water partition coefficient (Wildman–Crippen LogP) is 2.03. The van der Waals surface area contributed by atoms with Crippen LogP contribution in [0.4, 0.5) is 5.13 Å². The molecular weight excluding hydrogens is 262 g/mol. The van der Waals surface area contributed by atoms with Crippen molar-refractivity contribution in [2.45, 2.75) is 44.2 Å². The first-order valence-corrected chi connectivity index (χ1v) is 7.40. The second kappa shape index (κ2) is 5.88. The summed E-state index contributed by atoms with van der Waals surface area (Å²) in [6.45, 7) is 0.684. The number of nitrogens with two attached hydrogens (primary N) is 1. The van der Waals surface area contributed by atoms with Crippen molar-refractivity contribution >= 4 is 22.4 Å². The maximum absolute atomic E-state index is 12.2. The van der Waals surface area contributed by atoms with E-state index in [0.717, 1.165) is 30.6 Å². The molecule has 1 aromatic heterocycles. The van der Waals surface area contributed by atoms with Crippen LogP contribution in [-0.4, -0.2) is 35.5 Å². The summed E-state index contributed by atoms with van der Waals surface area (Å²) in [7, 11) is 3.45. The summed E-state index contributed by atoms with van der Waals surface area (Å²) in [6.07, 6.45) is 6.86. The van der Waals surface area contributed by atoms with Gasteiger partial charge in [-0.3, -0.25) is 9.69 Å². The second-order valence-electron chi connectivity index (χ2n) is 5.10. The van der Waals surface area contributed by atoms with Gasteiger partial charge in [-0.15, -0.1) is 11.3 Å². The molecule has 1 fully saturated rings. The van der Waals surface area contributed by atoms with Crippen LogP contribution in [0.25, 0.3) is 0 Å². The number of hydrogen-bond donors (Lipinski definition) is 1. The number of nitrogen functional groups attached to an aromatic ring is 1. The van der Waals surface area contributed by atoms with Gasteiger partial charge >= 0.3 is 5.97 Å². The van der Waals surface area contributed by atoms with Crippen LogP contribution in [0.3, 0.4) is 0 Å². The van der Waals surface area contributed by atoms with Gasteiger partial charge in [-0.1, -0.05) is 19.3 Å². The van der Waals surface area contributed by atoms with Crippen LogP contribution in [0.5, 0.6) is 0 Å². The van der Waals surface area contributed by atoms with Gasteiger partial charge in [-0.05, 0) is 19.9 Å². The van der Waals surface area contributed by atoms with Gasteiger partial charge in [-0.2, -0.15) is 0 Å². The molecule has 0 saturated heterocycles. The average Bonchev–Trinajstić information content (AvgIpc) is 2.83. The number of likely N-dealkylation sites (N-methyl/N-ethyl adjacent to an activating group) is 1. The molecule has 0 aliphatic heterocycles. The minimum absolute atomic E-state index is 0.118. The molecule has 0 spiro atoms. The van der Waals surface area contributed by atoms with Crippen LogP contribution in [0.15, 0.2) is 6.20 Å². The van der Waals surface area contributed by atoms with Gasteiger partial charge in [0.15, 0.2) is 5.13 Å². The molecule has 6 heteroatoms. The van der Waals surface area contributed by atoms with E-state index < -0.39 is 5.54 Å². The number of methoxy groups -OCH3 is 1. The maximum atomic E-state index is 12.2. The van der Waals surface area contributed by atoms with E-state index in [2.05, 4.69) is 9.88 Å². The van der Waals surface area contributed by atoms with E-state index in [1.165, 1.54) is 24.9 Å². The van der Waals surface area contributed by atoms with Crippen molar-refractivity contribution in [1.29, 1.82) is 0 Å². The Hall–Kier alpha value is -1.14. The first-order valence-electron chi connectivity index (χ1n) is 6.58. The highest BCUT2D eigenvalue weighted by Crippen LogP contribution is 2.35. The highest BCUT2D eigenvalue weighted by Gasteiger charge is 2.44. The van der Waals surface area contributed by atoms with E-state index in [1.54, 1.807) is 6.20 Å². The normalized spacial score (nSPS) is 18.5. The molecule has 1 heterocycles. The van der Waals surface area contributed by atoms with Crippen molar-refractivity contribution in [2.75, 3.05) is 19.9 Å². The fourth-order valence-electron chi connectivity index (χ4n) is 2.85. The van der Waals surface area contributed by atoms with E-state index >= 15 is 0 Å². The van der Waals surface area contributed by atoms with Gasteiger partial charge in [0.2, 0.25) is 0 Å². The Balaban J connectivity index is 2.15. The van der Waals surface area contributed by atoms with Gasteiger partial charge in [-0.25, -0.2) is 4.98 Å². The molecule has 1 aromatic rings. The first-order chi connectivity index (χ1) is 9.08. The van der Waals surface area contributed by atoms with Crippen LogP contribution < -0.4 is 5.73 Å². The van der Waals surface area contributed by atoms with Crippen molar-refractivity contribution < 1.29 is 9.53 Å². The standard InChI is InChI=1S/C13H21N3O2S/c1-16(9-10-8-15-12(14)19-10)13(11(17)18-2)6-4-3-5-7-13/h8H,3-7,9H2,1-2H3,(H2,14,15). The number of nitrogens with zero attached hydrogens (tertiary/aromatic N) is 2. The number of carbonyl (C=O) groups excluding carboxylic acids is 1. The molecule has 2 rings (SSSR count). The van der Waals surface area contributed by atoms with Crippen molar-refractivity contribution in [2.24, 2.45) is 0 Å². The fraction of sp³-hybridized carbons (Fsp3) is 0.692. The van der Waals surface area contributed by atoms with Crippen molar-refractivity contribution in [3.63, 3.8) is 0 Å². The third kappa shape index (κ3) is 2.90. The van der Waals surface area contributed by atoms with Crippen molar-refractivity contribution in [1.82, 2.24) is 9.88 Å². The maximum Gasteiger partial charge on any atom is 0.326 e. The number of rotatable bonds is 4. The summed E-state index contributed by atoms with van der Waals surface area (Å²) in [4.78, 5) is 19.5. The topological polar surface area (TPSA) is 68.5 Å². The van der Waals surface area contributed by atoms with E-state index in [1.807, 2.05) is 7.05 Å². The summed E-state index contributed by atoms with van der Waals surface area (Å²) < 4.78 is 5.04. The molecule has 106 valence electrons. The summed E-state index contributed by atoms with van der Waals surface area (Å²) >= 11 is 1.47. The Morgan fingerprint density at radius 1 is 1.53 bits per heavy atom. The SMILES string of the molecule is COC(=O)C1(N(C)Cc2cnc(N)s2)CCCCC1. The zero-order chi connectivity index (χ0) is 13.9. The highest BCUT2D eigenvalue weighted by atomic mass is 32.1. The Morgan fingerprint density at radius 2 is 2.21 bits per heavy atom. The molecule has 0 aromatic carbocycles. The number of esters is 1. The number of anilines is 1. The third-order valence-electron chi connectivity index (χ3n) is 3.94. The van der Waals surface area contributed by atoms with Gasteiger partial charge in [0.1, 0.15) is 5.54 Å². The Kier molecular flexibility index (Phi) is 4.42. The van der Waals surface area contributed by atoms with Crippen molar-refractivity contribution in [3.8, 4) is 0 Å². The van der Waals surface area contributed by atoms with E-state index in [4.69, 9.17) is 10.5 Å². The van der Waals surface area contributed by atoms with Gasteiger partial charge in [0, 0.05) is 17.6 Å². The first kappa shape index (κ1) is 14.3. The average molecular weight is 283 g/mol. The lowest BCUT2D eigenvalue weighted by molar-refractivity contribution is -0.157. The number of aromatic nitrogens is 1. The number of ether oxygens (including phenoxy) is 1. The lowest BCUT2D eigenvalue weighted by Gasteiger charge is -2.41. The van der Waals surface area contributed by atoms with E-state index in [9.17, 15) is 4.79 Å². The molecule has 1 saturated carbocycles. The highest BCUT2D eigenvalue weighted by molar-refractivity contribution is 7.15. The molecule has 0 bridgehead atoms. The lowest BCUT2D eigenvalue weighted by Crippen LogP contribution is -2.54. The summed E-state index contributed by atoms with van der Waals surface area (Å²) in [5.74, 6) is -0.118. The molecule has 1 aliphatic rings. The number of carbonyl (C=O) groups is 1. The minimum Gasteiger partial charge on any atom is -0.468 e. The molecule has 5 nitrogen and oxygen atoms in total. The minimum atomic E-state index is -0.480. The van der Waals surface area contributed by atoms with Crippen LogP contribution >= 0.6 is 11.3 Å². The fourth-order valence-corrected chi connectivity index (χ4v) is 3.59. The Labute approximate surface area is 117 Å². The molecule has 0 atom stereocenters. The zero-order valence-corrected chi connectivity index (χ0v) is 12.3. The molecule has 1 aliphatic carbocycles. The molecule has 0 radical (unpaired) electrons. The molecule has 2 N–H and O–H groups in total. The molecular formula is C13H21N3O2S. The van der Waals surface area contributed by atoms with Gasteiger partial charge in [0.25, 0.3) is 0 Å². The zero-order valence-electron chi connectivity index (χ0n) is 11.5. The summed E-state index contributed by atoms with van der Waals surface area (Å²) in [6, 6.07) is 0. The van der Waals surface area contributed by atoms with Crippen LogP contribution in [0.2, 0.25) is 0 Å². The predicted molar refractivity (Wildman–Crippen MR) is 75.8 cm³/mol. The third-order valence-corrected chi connectivity index (χ3v) is 4.75. The quantitative estimate of drug-likeness (QED) is 0.856. The Bertz CT molecular complexity index is 441. The molecule has 0 amide bonds. The molecule has 19 heavy (non-hydrogen) atoms. The largest absolute Gasteiger partial charge is 0.468 e. The van der Waals surface area contributed by atoms with Crippen LogP contribution in [-0.2, 0) is 16.1 Å². The van der Waals surface area contributed by atoms with Crippen LogP contribution in [0, 0.1) is 0 Å². The number of thiazole rings is 1.